The molecule has 0 aliphatic carbocycles. The number of pyridine rings is 1. The van der Waals surface area contributed by atoms with E-state index < -0.39 is 0 Å². The number of H-pyrrole nitrogens is 2. The molecule has 0 bridgehead atoms. The molecule has 5 aromatic heterocycles. The molecule has 2 aliphatic rings. The molecule has 0 amide bonds. The number of nitrogens with one attached hydrogen (secondary N) is 4. The van der Waals surface area contributed by atoms with Crippen molar-refractivity contribution in [3.8, 4) is 11.3 Å². The quantitative estimate of drug-likeness (QED) is 0.177. The smallest absolute Gasteiger partial charge is 0.187 e. The minimum absolute atomic E-state index is 0.610. The van der Waals surface area contributed by atoms with Crippen LogP contribution in [0.3, 0.4) is 0 Å². The molecule has 7 heterocycles. The average molecular weight is 657 g/mol. The Morgan fingerprint density at radius 3 is 1.96 bits per heavy atom. The van der Waals surface area contributed by atoms with Crippen molar-refractivity contribution in [3.63, 3.8) is 0 Å². The van der Waals surface area contributed by atoms with Gasteiger partial charge in [-0.2, -0.15) is 10.2 Å². The number of aromatic amines is 2. The summed E-state index contributed by atoms with van der Waals surface area (Å²) in [5.74, 6) is 1.41. The Balaban J connectivity index is 0.000000137. The van der Waals surface area contributed by atoms with Crippen LogP contribution in [0, 0.1) is 0 Å². The predicted molar refractivity (Wildman–Crippen MR) is 176 cm³/mol. The molecule has 218 valence electrons. The van der Waals surface area contributed by atoms with Gasteiger partial charge in [0.15, 0.2) is 11.3 Å². The van der Waals surface area contributed by atoms with Crippen molar-refractivity contribution in [2.75, 3.05) is 10.6 Å². The normalized spacial score (nSPS) is 12.6. The van der Waals surface area contributed by atoms with Crippen molar-refractivity contribution >= 4 is 73.4 Å². The minimum Gasteiger partial charge on any atom is -0.339 e. The topological polar surface area (TPSA) is 171 Å². The molecule has 13 nitrogen and oxygen atoms in total. The zero-order valence-electron chi connectivity index (χ0n) is 23.4. The van der Waals surface area contributed by atoms with Crippen molar-refractivity contribution in [1.82, 2.24) is 45.3 Å². The average Bonchev–Trinajstić information content (AvgIpc) is 3.89. The molecule has 2 aliphatic heterocycles. The summed E-state index contributed by atoms with van der Waals surface area (Å²) in [5.41, 5.74) is 9.68. The second kappa shape index (κ2) is 11.3. The molecule has 0 spiro atoms. The van der Waals surface area contributed by atoms with Gasteiger partial charge in [-0.25, -0.2) is 19.9 Å². The summed E-state index contributed by atoms with van der Waals surface area (Å²) in [6.45, 7) is 1.51. The fourth-order valence-electron chi connectivity index (χ4n) is 5.22. The first kappa shape index (κ1) is 26.7. The molecule has 14 heteroatoms. The Morgan fingerprint density at radius 2 is 1.31 bits per heavy atom. The molecule has 7 aromatic rings. The molecule has 0 atom stereocenters. The third kappa shape index (κ3) is 5.16. The molecule has 0 saturated carbocycles. The van der Waals surface area contributed by atoms with E-state index in [0.717, 1.165) is 62.2 Å². The van der Waals surface area contributed by atoms with Gasteiger partial charge in [0.1, 0.15) is 28.9 Å². The monoisotopic (exact) mass is 655 g/mol. The molecule has 0 fully saturated rings. The molecule has 0 unspecified atom stereocenters. The Morgan fingerprint density at radius 1 is 0.689 bits per heavy atom. The van der Waals surface area contributed by atoms with Crippen LogP contribution in [0.2, 0.25) is 0 Å². The zero-order valence-corrected chi connectivity index (χ0v) is 25.0. The van der Waals surface area contributed by atoms with Gasteiger partial charge in [0.2, 0.25) is 0 Å². The lowest BCUT2D eigenvalue weighted by atomic mass is 10.1. The maximum absolute atomic E-state index is 4.42. The van der Waals surface area contributed by atoms with Gasteiger partial charge in [-0.3, -0.25) is 25.2 Å². The second-order valence-corrected chi connectivity index (χ2v) is 11.0. The van der Waals surface area contributed by atoms with E-state index in [0.29, 0.717) is 22.9 Å². The van der Waals surface area contributed by atoms with Gasteiger partial charge in [0.25, 0.3) is 0 Å². The maximum atomic E-state index is 4.42. The van der Waals surface area contributed by atoms with Crippen LogP contribution in [0.15, 0.2) is 88.2 Å². The van der Waals surface area contributed by atoms with E-state index in [4.69, 9.17) is 0 Å². The van der Waals surface area contributed by atoms with Crippen molar-refractivity contribution < 1.29 is 0 Å². The first-order valence-electron chi connectivity index (χ1n) is 13.9. The van der Waals surface area contributed by atoms with Gasteiger partial charge in [0.05, 0.1) is 29.6 Å². The molecule has 9 rings (SSSR count). The Kier molecular flexibility index (Phi) is 6.72. The highest BCUT2D eigenvalue weighted by molar-refractivity contribution is 9.10. The Bertz CT molecular complexity index is 2260. The van der Waals surface area contributed by atoms with E-state index >= 15 is 0 Å². The largest absolute Gasteiger partial charge is 0.339 e. The number of hydrogen-bond donors (Lipinski definition) is 4. The number of fused-ring (bicyclic) bond motifs is 4. The van der Waals surface area contributed by atoms with E-state index in [-0.39, 0.29) is 0 Å². The van der Waals surface area contributed by atoms with Gasteiger partial charge < -0.3 is 10.6 Å². The lowest BCUT2D eigenvalue weighted by Crippen LogP contribution is -1.97. The summed E-state index contributed by atoms with van der Waals surface area (Å²) in [6.07, 6.45) is 10.3. The van der Waals surface area contributed by atoms with Crippen LogP contribution in [0.4, 0.5) is 23.0 Å². The first-order valence-corrected chi connectivity index (χ1v) is 14.7. The highest BCUT2D eigenvalue weighted by atomic mass is 79.9. The zero-order chi connectivity index (χ0) is 30.2. The number of halogens is 1. The van der Waals surface area contributed by atoms with Crippen LogP contribution in [0.5, 0.6) is 0 Å². The highest BCUT2D eigenvalue weighted by Gasteiger charge is 2.16. The number of benzene rings is 2. The molecule has 4 N–H and O–H groups in total. The summed E-state index contributed by atoms with van der Waals surface area (Å²) in [7, 11) is 0. The van der Waals surface area contributed by atoms with E-state index in [1.165, 1.54) is 23.8 Å². The van der Waals surface area contributed by atoms with Gasteiger partial charge in [-0.1, -0.05) is 12.1 Å². The number of aromatic nitrogens is 9. The third-order valence-electron chi connectivity index (χ3n) is 7.41. The number of hydrogen-bond acceptors (Lipinski definition) is 11. The van der Waals surface area contributed by atoms with Gasteiger partial charge >= 0.3 is 0 Å². The number of nitrogens with zero attached hydrogens (tertiary/aromatic N) is 9. The molecule has 0 saturated heterocycles. The van der Waals surface area contributed by atoms with Crippen molar-refractivity contribution in [1.29, 1.82) is 0 Å². The molecule has 45 heavy (non-hydrogen) atoms. The Labute approximate surface area is 263 Å². The van der Waals surface area contributed by atoms with Crippen molar-refractivity contribution in [2.45, 2.75) is 13.1 Å². The van der Waals surface area contributed by atoms with Crippen LogP contribution in [0.25, 0.3) is 33.3 Å². The van der Waals surface area contributed by atoms with Crippen molar-refractivity contribution in [3.05, 3.63) is 100 Å². The van der Waals surface area contributed by atoms with Crippen LogP contribution >= 0.6 is 15.9 Å². The summed E-state index contributed by atoms with van der Waals surface area (Å²) < 4.78 is 0.762. The van der Waals surface area contributed by atoms with Crippen LogP contribution < -0.4 is 10.6 Å². The highest BCUT2D eigenvalue weighted by Crippen LogP contribution is 2.32. The van der Waals surface area contributed by atoms with Gasteiger partial charge in [-0.15, -0.1) is 0 Å². The second-order valence-electron chi connectivity index (χ2n) is 10.2. The van der Waals surface area contributed by atoms with Crippen LogP contribution in [-0.4, -0.2) is 57.7 Å². The predicted octanol–water partition coefficient (Wildman–Crippen LogP) is 5.88. The SMILES string of the molecule is Brc1[nH]nc2ncnc(Nc3ccc4c(c3)C=NC4)c12.C1=NCc2ccc(Nc3ncnc4n[nH]c(-c5cccnc5)c34)cc21. The van der Waals surface area contributed by atoms with Gasteiger partial charge in [-0.05, 0) is 74.6 Å². The summed E-state index contributed by atoms with van der Waals surface area (Å²) in [5, 5.41) is 22.6. The molecular formula is C31H22BrN13. The van der Waals surface area contributed by atoms with Crippen LogP contribution in [0.1, 0.15) is 22.3 Å². The minimum atomic E-state index is 0.610. The molecule has 0 radical (unpaired) electrons. The maximum Gasteiger partial charge on any atom is 0.187 e. The lowest BCUT2D eigenvalue weighted by molar-refractivity contribution is 1.07. The van der Waals surface area contributed by atoms with E-state index in [1.807, 2.05) is 36.7 Å². The molecular weight excluding hydrogens is 634 g/mol. The fourth-order valence-corrected chi connectivity index (χ4v) is 5.67. The van der Waals surface area contributed by atoms with E-state index in [9.17, 15) is 0 Å². The molecule has 2 aromatic carbocycles. The summed E-state index contributed by atoms with van der Waals surface area (Å²) >= 11 is 3.42. The summed E-state index contributed by atoms with van der Waals surface area (Å²) in [4.78, 5) is 29.8. The van der Waals surface area contributed by atoms with Gasteiger partial charge in [0, 0.05) is 41.8 Å². The number of anilines is 4. The lowest BCUT2D eigenvalue weighted by Gasteiger charge is -2.09. The van der Waals surface area contributed by atoms with E-state index in [1.54, 1.807) is 12.4 Å². The summed E-state index contributed by atoms with van der Waals surface area (Å²) in [6, 6.07) is 16.2. The van der Waals surface area contributed by atoms with Crippen molar-refractivity contribution in [2.24, 2.45) is 9.98 Å². The third-order valence-corrected chi connectivity index (χ3v) is 7.98. The van der Waals surface area contributed by atoms with Crippen LogP contribution in [-0.2, 0) is 13.1 Å². The standard InChI is InChI=1S/C18H13N7.C13H9BrN6/c1-2-12(8-19-5-1)16-15-17(21-10-22-18(15)25-24-16)23-14-4-3-11-7-20-9-13(11)6-14;14-11-10-12(16-6-17-13(10)20-19-11)18-9-2-1-7-4-15-5-8(7)3-9/h1-6,8-10H,7H2,(H2,21,22,23,24,25);1-3,5-6H,4H2,(H2,16,17,18,19,20). The Hall–Kier alpha value is -5.89. The van der Waals surface area contributed by atoms with E-state index in [2.05, 4.69) is 106 Å². The fraction of sp³-hybridized carbons (Fsp3) is 0.0645. The number of aliphatic imine (C=N–C) groups is 2. The number of rotatable bonds is 5. The first-order chi connectivity index (χ1) is 22.2.